The third kappa shape index (κ3) is 4.51. The number of halogens is 3. The molecule has 0 radical (unpaired) electrons. The predicted octanol–water partition coefficient (Wildman–Crippen LogP) is 4.33. The fourth-order valence-electron chi connectivity index (χ4n) is 3.26. The molecule has 1 aromatic heterocycles. The lowest BCUT2D eigenvalue weighted by atomic mass is 10.1. The van der Waals surface area contributed by atoms with Crippen molar-refractivity contribution in [3.05, 3.63) is 59.7 Å². The molecule has 9 heteroatoms. The van der Waals surface area contributed by atoms with Crippen molar-refractivity contribution in [1.82, 2.24) is 14.8 Å². The minimum Gasteiger partial charge on any atom is -0.382 e. The molecule has 2 heterocycles. The van der Waals surface area contributed by atoms with Gasteiger partial charge in [0, 0.05) is 31.0 Å². The van der Waals surface area contributed by atoms with Crippen LogP contribution in [0.5, 0.6) is 0 Å². The number of nitrogens with one attached hydrogen (secondary N) is 2. The molecule has 1 aliphatic rings. The van der Waals surface area contributed by atoms with Crippen molar-refractivity contribution < 1.29 is 17.9 Å². The number of ether oxygens (including phenoxy) is 1. The van der Waals surface area contributed by atoms with Gasteiger partial charge in [0.15, 0.2) is 0 Å². The number of aryl methyl sites for hydroxylation is 1. The zero-order valence-corrected chi connectivity index (χ0v) is 15.8. The molecular formula is C20H20F3N5O. The van der Waals surface area contributed by atoms with Gasteiger partial charge in [-0.1, -0.05) is 0 Å². The average Bonchev–Trinajstić information content (AvgIpc) is 3.14. The highest BCUT2D eigenvalue weighted by Crippen LogP contribution is 2.27. The monoisotopic (exact) mass is 403 g/mol. The summed E-state index contributed by atoms with van der Waals surface area (Å²) in [6.45, 7) is 3.08. The lowest BCUT2D eigenvalue weighted by molar-refractivity contribution is 0.0904. The smallest absolute Gasteiger partial charge is 0.247 e. The molecule has 6 nitrogen and oxygen atoms in total. The van der Waals surface area contributed by atoms with Crippen LogP contribution < -0.4 is 10.6 Å². The maximum absolute atomic E-state index is 14.6. The second kappa shape index (κ2) is 8.12. The van der Waals surface area contributed by atoms with Crippen LogP contribution in [-0.4, -0.2) is 34.0 Å². The van der Waals surface area contributed by atoms with Gasteiger partial charge in [-0.3, -0.25) is 0 Å². The first kappa shape index (κ1) is 19.3. The zero-order chi connectivity index (χ0) is 20.4. The molecule has 3 aromatic rings. The first-order valence-corrected chi connectivity index (χ1v) is 9.27. The van der Waals surface area contributed by atoms with E-state index in [1.165, 1.54) is 11.0 Å². The summed E-state index contributed by atoms with van der Waals surface area (Å²) in [5.41, 5.74) is 1.64. The van der Waals surface area contributed by atoms with E-state index in [0.29, 0.717) is 18.8 Å². The van der Waals surface area contributed by atoms with Crippen LogP contribution in [0, 0.1) is 24.4 Å². The van der Waals surface area contributed by atoms with Crippen molar-refractivity contribution in [3.8, 4) is 5.69 Å². The predicted molar refractivity (Wildman–Crippen MR) is 103 cm³/mol. The van der Waals surface area contributed by atoms with Gasteiger partial charge in [0.1, 0.15) is 23.8 Å². The Hall–Kier alpha value is -3.07. The van der Waals surface area contributed by atoms with Crippen LogP contribution >= 0.6 is 0 Å². The second-order valence-corrected chi connectivity index (χ2v) is 6.95. The highest BCUT2D eigenvalue weighted by Gasteiger charge is 2.16. The van der Waals surface area contributed by atoms with Crippen molar-refractivity contribution in [1.29, 1.82) is 0 Å². The molecule has 2 aromatic carbocycles. The molecule has 29 heavy (non-hydrogen) atoms. The van der Waals surface area contributed by atoms with Crippen molar-refractivity contribution in [2.45, 2.75) is 25.8 Å². The Balaban J connectivity index is 1.55. The van der Waals surface area contributed by atoms with Crippen molar-refractivity contribution >= 4 is 17.3 Å². The summed E-state index contributed by atoms with van der Waals surface area (Å²) in [5, 5.41) is 10.4. The number of benzene rings is 2. The van der Waals surface area contributed by atoms with E-state index < -0.39 is 17.5 Å². The largest absolute Gasteiger partial charge is 0.382 e. The quantitative estimate of drug-likeness (QED) is 0.664. The van der Waals surface area contributed by atoms with E-state index in [9.17, 15) is 13.2 Å². The van der Waals surface area contributed by atoms with E-state index in [1.54, 1.807) is 19.1 Å². The molecule has 0 bridgehead atoms. The summed E-state index contributed by atoms with van der Waals surface area (Å²) >= 11 is 0. The number of hydrogen-bond acceptors (Lipinski definition) is 5. The Morgan fingerprint density at radius 2 is 1.76 bits per heavy atom. The topological polar surface area (TPSA) is 64.0 Å². The molecule has 1 fully saturated rings. The Kier molecular flexibility index (Phi) is 5.39. The average molecular weight is 403 g/mol. The highest BCUT2D eigenvalue weighted by atomic mass is 19.1. The molecule has 0 amide bonds. The first-order chi connectivity index (χ1) is 14.0. The molecule has 2 N–H and O–H groups in total. The summed E-state index contributed by atoms with van der Waals surface area (Å²) in [4.78, 5) is 4.06. The summed E-state index contributed by atoms with van der Waals surface area (Å²) in [6, 6.07) is 6.70. The Labute approximate surface area is 165 Å². The minimum atomic E-state index is -0.724. The number of nitrogens with zero attached hydrogens (tertiary/aromatic N) is 3. The van der Waals surface area contributed by atoms with Crippen LogP contribution in [0.1, 0.15) is 18.4 Å². The summed E-state index contributed by atoms with van der Waals surface area (Å²) in [7, 11) is 0. The number of hydrogen-bond donors (Lipinski definition) is 2. The molecule has 1 saturated heterocycles. The van der Waals surface area contributed by atoms with E-state index in [1.807, 2.05) is 0 Å². The molecule has 0 atom stereocenters. The standard InChI is InChI=1S/C20H20F3N5O/c1-12-6-16(25-15-2-4-29-5-3-15)10-18(19(12)23)26-20-24-11-28(27-20)17-8-13(21)7-14(22)9-17/h6-11,15,25H,2-5H2,1H3,(H,26,27). The summed E-state index contributed by atoms with van der Waals surface area (Å²) in [6.07, 6.45) is 3.07. The number of rotatable bonds is 5. The molecule has 4 rings (SSSR count). The van der Waals surface area contributed by atoms with Crippen molar-refractivity contribution in [3.63, 3.8) is 0 Å². The molecule has 0 spiro atoms. The lowest BCUT2D eigenvalue weighted by Gasteiger charge is -2.24. The SMILES string of the molecule is Cc1cc(NC2CCOCC2)cc(Nc2ncn(-c3cc(F)cc(F)c3)n2)c1F. The van der Waals surface area contributed by atoms with Crippen LogP contribution in [0.3, 0.4) is 0 Å². The molecule has 0 unspecified atom stereocenters. The van der Waals surface area contributed by atoms with Gasteiger partial charge >= 0.3 is 0 Å². The van der Waals surface area contributed by atoms with Gasteiger partial charge in [-0.25, -0.2) is 17.9 Å². The maximum Gasteiger partial charge on any atom is 0.247 e. The molecule has 0 aliphatic carbocycles. The molecular weight excluding hydrogens is 383 g/mol. The van der Waals surface area contributed by atoms with E-state index in [2.05, 4.69) is 20.7 Å². The van der Waals surface area contributed by atoms with E-state index >= 15 is 0 Å². The Bertz CT molecular complexity index is 997. The van der Waals surface area contributed by atoms with Crippen LogP contribution in [-0.2, 0) is 4.74 Å². The van der Waals surface area contributed by atoms with Crippen LogP contribution in [0.4, 0.5) is 30.5 Å². The van der Waals surface area contributed by atoms with E-state index in [0.717, 1.165) is 36.7 Å². The van der Waals surface area contributed by atoms with Gasteiger partial charge in [-0.2, -0.15) is 4.98 Å². The second-order valence-electron chi connectivity index (χ2n) is 6.95. The third-order valence-corrected chi connectivity index (χ3v) is 4.70. The van der Waals surface area contributed by atoms with Gasteiger partial charge in [-0.05, 0) is 49.6 Å². The number of anilines is 3. The van der Waals surface area contributed by atoms with Crippen LogP contribution in [0.25, 0.3) is 5.69 Å². The fourth-order valence-corrected chi connectivity index (χ4v) is 3.26. The van der Waals surface area contributed by atoms with Gasteiger partial charge < -0.3 is 15.4 Å². The molecule has 0 saturated carbocycles. The van der Waals surface area contributed by atoms with Gasteiger partial charge in [0.2, 0.25) is 5.95 Å². The van der Waals surface area contributed by atoms with Crippen molar-refractivity contribution in [2.75, 3.05) is 23.8 Å². The summed E-state index contributed by atoms with van der Waals surface area (Å²) < 4.78 is 48.0. The third-order valence-electron chi connectivity index (χ3n) is 4.70. The number of aromatic nitrogens is 3. The summed E-state index contributed by atoms with van der Waals surface area (Å²) in [5.74, 6) is -1.76. The Morgan fingerprint density at radius 3 is 2.48 bits per heavy atom. The van der Waals surface area contributed by atoms with E-state index in [-0.39, 0.29) is 23.4 Å². The maximum atomic E-state index is 14.6. The van der Waals surface area contributed by atoms with Gasteiger partial charge in [-0.15, -0.1) is 5.10 Å². The molecule has 152 valence electrons. The minimum absolute atomic E-state index is 0.108. The van der Waals surface area contributed by atoms with Gasteiger partial charge in [0.05, 0.1) is 11.4 Å². The highest BCUT2D eigenvalue weighted by molar-refractivity contribution is 5.64. The van der Waals surface area contributed by atoms with Crippen LogP contribution in [0.15, 0.2) is 36.7 Å². The first-order valence-electron chi connectivity index (χ1n) is 9.27. The van der Waals surface area contributed by atoms with E-state index in [4.69, 9.17) is 4.74 Å². The van der Waals surface area contributed by atoms with Gasteiger partial charge in [0.25, 0.3) is 0 Å². The Morgan fingerprint density at radius 1 is 1.03 bits per heavy atom. The molecule has 1 aliphatic heterocycles. The lowest BCUT2D eigenvalue weighted by Crippen LogP contribution is -2.27. The fraction of sp³-hybridized carbons (Fsp3) is 0.300. The van der Waals surface area contributed by atoms with Crippen molar-refractivity contribution in [2.24, 2.45) is 0 Å². The van der Waals surface area contributed by atoms with Crippen LogP contribution in [0.2, 0.25) is 0 Å². The normalized spacial score (nSPS) is 14.8. The zero-order valence-electron chi connectivity index (χ0n) is 15.8.